The van der Waals surface area contributed by atoms with Crippen molar-refractivity contribution in [3.63, 3.8) is 0 Å². The molecule has 1 heterocycles. The zero-order chi connectivity index (χ0) is 16.2. The Morgan fingerprint density at radius 3 is 2.04 bits per heavy atom. The number of benzene rings is 2. The zero-order valence-electron chi connectivity index (χ0n) is 13.0. The van der Waals surface area contributed by atoms with Crippen molar-refractivity contribution >= 4 is 5.69 Å². The van der Waals surface area contributed by atoms with E-state index in [0.29, 0.717) is 11.6 Å². The number of aryl methyl sites for hydroxylation is 1. The van der Waals surface area contributed by atoms with E-state index >= 15 is 0 Å². The molecule has 0 atom stereocenters. The van der Waals surface area contributed by atoms with Gasteiger partial charge < -0.3 is 10.1 Å². The highest BCUT2D eigenvalue weighted by Gasteiger charge is 2.04. The molecular formula is C19H17FN2O. The van der Waals surface area contributed by atoms with E-state index in [2.05, 4.69) is 10.3 Å². The largest absolute Gasteiger partial charge is 0.439 e. The molecule has 3 aromatic rings. The van der Waals surface area contributed by atoms with Gasteiger partial charge in [-0.15, -0.1) is 0 Å². The second kappa shape index (κ2) is 6.48. The summed E-state index contributed by atoms with van der Waals surface area (Å²) in [4.78, 5) is 4.40. The summed E-state index contributed by atoms with van der Waals surface area (Å²) in [7, 11) is 1.86. The van der Waals surface area contributed by atoms with Crippen LogP contribution >= 0.6 is 0 Å². The lowest BCUT2D eigenvalue weighted by molar-refractivity contribution is 0.462. The Kier molecular flexibility index (Phi) is 4.24. The lowest BCUT2D eigenvalue weighted by atomic mass is 10.1. The van der Waals surface area contributed by atoms with Crippen LogP contribution in [0, 0.1) is 12.7 Å². The van der Waals surface area contributed by atoms with Crippen LogP contribution in [0.3, 0.4) is 0 Å². The van der Waals surface area contributed by atoms with Gasteiger partial charge in [-0.25, -0.2) is 9.37 Å². The number of aromatic nitrogens is 1. The van der Waals surface area contributed by atoms with Gasteiger partial charge in [-0.1, -0.05) is 24.3 Å². The molecule has 0 aliphatic heterocycles. The fourth-order valence-corrected chi connectivity index (χ4v) is 2.34. The summed E-state index contributed by atoms with van der Waals surface area (Å²) in [6.07, 6.45) is 0. The Balaban J connectivity index is 1.77. The zero-order valence-corrected chi connectivity index (χ0v) is 13.0. The van der Waals surface area contributed by atoms with Crippen LogP contribution in [0.5, 0.6) is 11.6 Å². The monoisotopic (exact) mass is 308 g/mol. The Morgan fingerprint density at radius 2 is 1.48 bits per heavy atom. The third-order valence-corrected chi connectivity index (χ3v) is 3.58. The highest BCUT2D eigenvalue weighted by Crippen LogP contribution is 2.26. The molecule has 2 aromatic carbocycles. The molecule has 0 saturated carbocycles. The molecule has 0 radical (unpaired) electrons. The van der Waals surface area contributed by atoms with Crippen molar-refractivity contribution in [2.75, 3.05) is 12.4 Å². The normalized spacial score (nSPS) is 10.4. The molecular weight excluding hydrogens is 291 g/mol. The van der Waals surface area contributed by atoms with E-state index in [9.17, 15) is 4.39 Å². The first kappa shape index (κ1) is 15.0. The van der Waals surface area contributed by atoms with Crippen LogP contribution < -0.4 is 10.1 Å². The number of nitrogens with zero attached hydrogens (tertiary/aromatic N) is 1. The third kappa shape index (κ3) is 3.48. The Hall–Kier alpha value is -2.88. The second-order valence-electron chi connectivity index (χ2n) is 5.17. The average Bonchev–Trinajstić information content (AvgIpc) is 2.57. The van der Waals surface area contributed by atoms with E-state index in [1.807, 2.05) is 50.4 Å². The van der Waals surface area contributed by atoms with E-state index in [4.69, 9.17) is 4.74 Å². The molecule has 0 amide bonds. The van der Waals surface area contributed by atoms with Gasteiger partial charge in [0, 0.05) is 13.1 Å². The predicted molar refractivity (Wildman–Crippen MR) is 90.4 cm³/mol. The van der Waals surface area contributed by atoms with Gasteiger partial charge >= 0.3 is 0 Å². The number of hydrogen-bond acceptors (Lipinski definition) is 3. The molecule has 0 fully saturated rings. The molecule has 0 bridgehead atoms. The van der Waals surface area contributed by atoms with Gasteiger partial charge in [0.15, 0.2) is 0 Å². The molecule has 3 nitrogen and oxygen atoms in total. The molecule has 0 aliphatic carbocycles. The van der Waals surface area contributed by atoms with E-state index < -0.39 is 0 Å². The second-order valence-corrected chi connectivity index (χ2v) is 5.17. The summed E-state index contributed by atoms with van der Waals surface area (Å²) < 4.78 is 18.7. The van der Waals surface area contributed by atoms with Crippen molar-refractivity contribution in [1.29, 1.82) is 0 Å². The number of nitrogens with one attached hydrogen (secondary N) is 1. The minimum atomic E-state index is -0.236. The van der Waals surface area contributed by atoms with Gasteiger partial charge in [0.2, 0.25) is 5.88 Å². The SMILES string of the molecule is CNc1ccc(Oc2ccc(-c3ccc(F)cc3)cc2)nc1C. The molecule has 1 N–H and O–H groups in total. The topological polar surface area (TPSA) is 34.1 Å². The van der Waals surface area contributed by atoms with Crippen LogP contribution in [0.1, 0.15) is 5.69 Å². The van der Waals surface area contributed by atoms with Crippen LogP contribution in [0.4, 0.5) is 10.1 Å². The summed E-state index contributed by atoms with van der Waals surface area (Å²) in [6.45, 7) is 1.93. The van der Waals surface area contributed by atoms with Crippen molar-refractivity contribution in [3.8, 4) is 22.8 Å². The van der Waals surface area contributed by atoms with E-state index in [0.717, 1.165) is 22.5 Å². The lowest BCUT2D eigenvalue weighted by Gasteiger charge is -2.09. The molecule has 23 heavy (non-hydrogen) atoms. The maximum atomic E-state index is 13.0. The summed E-state index contributed by atoms with van der Waals surface area (Å²) in [5.74, 6) is 1.02. The maximum Gasteiger partial charge on any atom is 0.219 e. The fraction of sp³-hybridized carbons (Fsp3) is 0.105. The first-order valence-electron chi connectivity index (χ1n) is 7.35. The summed E-state index contributed by atoms with van der Waals surface area (Å²) >= 11 is 0. The van der Waals surface area contributed by atoms with Crippen LogP contribution in [0.2, 0.25) is 0 Å². The van der Waals surface area contributed by atoms with Crippen molar-refractivity contribution in [2.45, 2.75) is 6.92 Å². The molecule has 0 aliphatic rings. The molecule has 116 valence electrons. The highest BCUT2D eigenvalue weighted by atomic mass is 19.1. The van der Waals surface area contributed by atoms with Crippen molar-refractivity contribution in [3.05, 3.63) is 72.2 Å². The Labute approximate surface area is 134 Å². The van der Waals surface area contributed by atoms with Crippen molar-refractivity contribution in [2.24, 2.45) is 0 Å². The van der Waals surface area contributed by atoms with Gasteiger partial charge in [-0.05, 0) is 48.4 Å². The summed E-state index contributed by atoms with van der Waals surface area (Å²) in [5.41, 5.74) is 3.83. The number of pyridine rings is 1. The van der Waals surface area contributed by atoms with E-state index in [1.54, 1.807) is 12.1 Å². The predicted octanol–water partition coefficient (Wildman–Crippen LogP) is 5.03. The van der Waals surface area contributed by atoms with Crippen LogP contribution in [0.15, 0.2) is 60.7 Å². The number of rotatable bonds is 4. The third-order valence-electron chi connectivity index (χ3n) is 3.58. The summed E-state index contributed by atoms with van der Waals surface area (Å²) in [6, 6.07) is 17.8. The number of ether oxygens (including phenoxy) is 1. The minimum absolute atomic E-state index is 0.236. The first-order valence-corrected chi connectivity index (χ1v) is 7.35. The molecule has 0 saturated heterocycles. The maximum absolute atomic E-state index is 13.0. The van der Waals surface area contributed by atoms with Crippen LogP contribution in [0.25, 0.3) is 11.1 Å². The highest BCUT2D eigenvalue weighted by molar-refractivity contribution is 5.64. The summed E-state index contributed by atoms with van der Waals surface area (Å²) in [5, 5.41) is 3.07. The van der Waals surface area contributed by atoms with Crippen LogP contribution in [-0.4, -0.2) is 12.0 Å². The van der Waals surface area contributed by atoms with Gasteiger partial charge in [0.1, 0.15) is 11.6 Å². The number of hydrogen-bond donors (Lipinski definition) is 1. The molecule has 0 spiro atoms. The van der Waals surface area contributed by atoms with Gasteiger partial charge in [-0.3, -0.25) is 0 Å². The Bertz CT molecular complexity index is 799. The molecule has 0 unspecified atom stereocenters. The van der Waals surface area contributed by atoms with Crippen molar-refractivity contribution in [1.82, 2.24) is 4.98 Å². The van der Waals surface area contributed by atoms with E-state index in [-0.39, 0.29) is 5.82 Å². The van der Waals surface area contributed by atoms with Gasteiger partial charge in [0.25, 0.3) is 0 Å². The molecule has 1 aromatic heterocycles. The molecule has 3 rings (SSSR count). The quantitative estimate of drug-likeness (QED) is 0.734. The molecule has 4 heteroatoms. The van der Waals surface area contributed by atoms with E-state index in [1.165, 1.54) is 12.1 Å². The minimum Gasteiger partial charge on any atom is -0.439 e. The fourth-order valence-electron chi connectivity index (χ4n) is 2.34. The number of halogens is 1. The number of anilines is 1. The first-order chi connectivity index (χ1) is 11.2. The van der Waals surface area contributed by atoms with Gasteiger partial charge in [-0.2, -0.15) is 0 Å². The average molecular weight is 308 g/mol. The standard InChI is InChI=1S/C19H17FN2O/c1-13-18(21-2)11-12-19(22-13)23-17-9-5-15(6-10-17)14-3-7-16(20)8-4-14/h3-12,21H,1-2H3. The van der Waals surface area contributed by atoms with Gasteiger partial charge in [0.05, 0.1) is 11.4 Å². The smallest absolute Gasteiger partial charge is 0.219 e. The lowest BCUT2D eigenvalue weighted by Crippen LogP contribution is -1.96. The van der Waals surface area contributed by atoms with Crippen LogP contribution in [-0.2, 0) is 0 Å². The van der Waals surface area contributed by atoms with Crippen molar-refractivity contribution < 1.29 is 9.13 Å². The Morgan fingerprint density at radius 1 is 0.870 bits per heavy atom.